The Balaban J connectivity index is 2.11. The first-order chi connectivity index (χ1) is 10.9. The molecule has 1 fully saturated rings. The average molecular weight is 338 g/mol. The highest BCUT2D eigenvalue weighted by Crippen LogP contribution is 2.22. The zero-order valence-corrected chi connectivity index (χ0v) is 14.6. The molecule has 1 aromatic carbocycles. The third-order valence-electron chi connectivity index (χ3n) is 4.17. The SMILES string of the molecule is CC(C)C(C)Nc1ccc(Cl)c(C(=O)NN2CCCCC2=O)c1. The Hall–Kier alpha value is -1.75. The number of carbonyl (C=O) groups excluding carboxylic acids is 2. The molecular formula is C17H24ClN3O2. The Bertz CT molecular complexity index is 589. The van der Waals surface area contributed by atoms with Gasteiger partial charge in [0.2, 0.25) is 5.91 Å². The standard InChI is InChI=1S/C17H24ClN3O2/c1-11(2)12(3)19-13-7-8-15(18)14(10-13)17(23)20-21-9-5-4-6-16(21)22/h7-8,10-12,19H,4-6,9H2,1-3H3,(H,20,23). The monoisotopic (exact) mass is 337 g/mol. The molecule has 0 saturated carbocycles. The Morgan fingerprint density at radius 3 is 2.65 bits per heavy atom. The van der Waals surface area contributed by atoms with Crippen molar-refractivity contribution in [3.05, 3.63) is 28.8 Å². The molecule has 6 heteroatoms. The summed E-state index contributed by atoms with van der Waals surface area (Å²) in [5, 5.41) is 5.12. The van der Waals surface area contributed by atoms with E-state index < -0.39 is 0 Å². The van der Waals surface area contributed by atoms with E-state index in [1.54, 1.807) is 12.1 Å². The van der Waals surface area contributed by atoms with Crippen LogP contribution in [-0.4, -0.2) is 29.4 Å². The minimum atomic E-state index is -0.355. The first kappa shape index (κ1) is 17.6. The molecule has 0 bridgehead atoms. The van der Waals surface area contributed by atoms with Gasteiger partial charge in [-0.25, -0.2) is 0 Å². The molecule has 1 unspecified atom stereocenters. The van der Waals surface area contributed by atoms with E-state index in [4.69, 9.17) is 11.6 Å². The molecule has 5 nitrogen and oxygen atoms in total. The first-order valence-electron chi connectivity index (χ1n) is 8.06. The van der Waals surface area contributed by atoms with Gasteiger partial charge < -0.3 is 5.32 Å². The summed E-state index contributed by atoms with van der Waals surface area (Å²) in [4.78, 5) is 24.2. The summed E-state index contributed by atoms with van der Waals surface area (Å²) < 4.78 is 0. The molecule has 2 N–H and O–H groups in total. The van der Waals surface area contributed by atoms with Gasteiger partial charge in [0.25, 0.3) is 5.91 Å². The quantitative estimate of drug-likeness (QED) is 0.865. The van der Waals surface area contributed by atoms with E-state index in [1.807, 2.05) is 6.07 Å². The second kappa shape index (κ2) is 7.68. The van der Waals surface area contributed by atoms with Crippen LogP contribution in [0.15, 0.2) is 18.2 Å². The smallest absolute Gasteiger partial charge is 0.271 e. The van der Waals surface area contributed by atoms with Gasteiger partial charge in [-0.15, -0.1) is 0 Å². The zero-order valence-electron chi connectivity index (χ0n) is 13.9. The van der Waals surface area contributed by atoms with Gasteiger partial charge in [0.15, 0.2) is 0 Å². The maximum atomic E-state index is 12.4. The van der Waals surface area contributed by atoms with Gasteiger partial charge in [-0.1, -0.05) is 25.4 Å². The first-order valence-corrected chi connectivity index (χ1v) is 8.43. The van der Waals surface area contributed by atoms with Crippen LogP contribution < -0.4 is 10.7 Å². The highest BCUT2D eigenvalue weighted by Gasteiger charge is 2.22. The molecule has 2 amide bonds. The maximum absolute atomic E-state index is 12.4. The van der Waals surface area contributed by atoms with Gasteiger partial charge in [0, 0.05) is 24.7 Å². The number of hydrazine groups is 1. The Morgan fingerprint density at radius 2 is 2.00 bits per heavy atom. The number of anilines is 1. The molecule has 126 valence electrons. The lowest BCUT2D eigenvalue weighted by Crippen LogP contribution is -2.48. The van der Waals surface area contributed by atoms with Crippen molar-refractivity contribution in [3.8, 4) is 0 Å². The van der Waals surface area contributed by atoms with Crippen LogP contribution in [0.3, 0.4) is 0 Å². The van der Waals surface area contributed by atoms with Gasteiger partial charge >= 0.3 is 0 Å². The van der Waals surface area contributed by atoms with Crippen LogP contribution in [0.2, 0.25) is 5.02 Å². The lowest BCUT2D eigenvalue weighted by molar-refractivity contribution is -0.135. The fourth-order valence-corrected chi connectivity index (χ4v) is 2.53. The summed E-state index contributed by atoms with van der Waals surface area (Å²) >= 11 is 6.15. The number of carbonyl (C=O) groups is 2. The molecule has 1 aliphatic rings. The van der Waals surface area contributed by atoms with Crippen LogP contribution in [-0.2, 0) is 4.79 Å². The fourth-order valence-electron chi connectivity index (χ4n) is 2.33. The Morgan fingerprint density at radius 1 is 1.26 bits per heavy atom. The molecule has 0 radical (unpaired) electrons. The van der Waals surface area contributed by atoms with Crippen molar-refractivity contribution in [2.45, 2.75) is 46.1 Å². The summed E-state index contributed by atoms with van der Waals surface area (Å²) in [6, 6.07) is 5.55. The molecule has 0 spiro atoms. The highest BCUT2D eigenvalue weighted by atomic mass is 35.5. The summed E-state index contributed by atoms with van der Waals surface area (Å²) in [6.07, 6.45) is 2.24. The molecule has 1 aromatic rings. The van der Waals surface area contributed by atoms with Crippen molar-refractivity contribution in [1.82, 2.24) is 10.4 Å². The fraction of sp³-hybridized carbons (Fsp3) is 0.529. The molecule has 0 aliphatic carbocycles. The summed E-state index contributed by atoms with van der Waals surface area (Å²) in [5.41, 5.74) is 3.87. The minimum Gasteiger partial charge on any atom is -0.382 e. The number of amides is 2. The third-order valence-corrected chi connectivity index (χ3v) is 4.49. The lowest BCUT2D eigenvalue weighted by atomic mass is 10.1. The van der Waals surface area contributed by atoms with Gasteiger partial charge in [-0.05, 0) is 43.9 Å². The van der Waals surface area contributed by atoms with Gasteiger partial charge in [-0.3, -0.25) is 20.0 Å². The molecule has 0 aromatic heterocycles. The molecule has 23 heavy (non-hydrogen) atoms. The van der Waals surface area contributed by atoms with Crippen molar-refractivity contribution in [3.63, 3.8) is 0 Å². The number of rotatable bonds is 5. The number of nitrogens with zero attached hydrogens (tertiary/aromatic N) is 1. The average Bonchev–Trinajstić information content (AvgIpc) is 2.51. The van der Waals surface area contributed by atoms with E-state index in [1.165, 1.54) is 5.01 Å². The van der Waals surface area contributed by atoms with Crippen molar-refractivity contribution >= 4 is 29.1 Å². The largest absolute Gasteiger partial charge is 0.382 e. The van der Waals surface area contributed by atoms with Crippen molar-refractivity contribution in [2.24, 2.45) is 5.92 Å². The number of benzene rings is 1. The normalized spacial score (nSPS) is 16.4. The molecule has 2 rings (SSSR count). The van der Waals surface area contributed by atoms with E-state index in [9.17, 15) is 9.59 Å². The van der Waals surface area contributed by atoms with Crippen molar-refractivity contribution < 1.29 is 9.59 Å². The van der Waals surface area contributed by atoms with Crippen LogP contribution in [0.5, 0.6) is 0 Å². The predicted octanol–water partition coefficient (Wildman–Crippen LogP) is 3.45. The Kier molecular flexibility index (Phi) is 5.88. The van der Waals surface area contributed by atoms with Crippen LogP contribution in [0.1, 0.15) is 50.4 Å². The summed E-state index contributed by atoms with van der Waals surface area (Å²) in [5.74, 6) is 0.0588. The molecule has 1 aliphatic heterocycles. The molecular weight excluding hydrogens is 314 g/mol. The summed E-state index contributed by atoms with van der Waals surface area (Å²) in [6.45, 7) is 6.89. The zero-order chi connectivity index (χ0) is 17.0. The Labute approximate surface area is 142 Å². The number of hydrogen-bond acceptors (Lipinski definition) is 3. The highest BCUT2D eigenvalue weighted by molar-refractivity contribution is 6.34. The number of halogens is 1. The van der Waals surface area contributed by atoms with Crippen LogP contribution in [0.25, 0.3) is 0 Å². The third kappa shape index (κ3) is 4.61. The topological polar surface area (TPSA) is 61.4 Å². The predicted molar refractivity (Wildman–Crippen MR) is 92.4 cm³/mol. The van der Waals surface area contributed by atoms with Crippen LogP contribution >= 0.6 is 11.6 Å². The number of nitrogens with one attached hydrogen (secondary N) is 2. The van der Waals surface area contributed by atoms with E-state index in [-0.39, 0.29) is 17.9 Å². The number of piperidine rings is 1. The van der Waals surface area contributed by atoms with E-state index in [0.717, 1.165) is 18.5 Å². The van der Waals surface area contributed by atoms with Crippen LogP contribution in [0.4, 0.5) is 5.69 Å². The summed E-state index contributed by atoms with van der Waals surface area (Å²) in [7, 11) is 0. The van der Waals surface area contributed by atoms with E-state index in [2.05, 4.69) is 31.5 Å². The molecule has 1 atom stereocenters. The van der Waals surface area contributed by atoms with Crippen molar-refractivity contribution in [2.75, 3.05) is 11.9 Å². The van der Waals surface area contributed by atoms with E-state index in [0.29, 0.717) is 29.5 Å². The van der Waals surface area contributed by atoms with Gasteiger partial charge in [-0.2, -0.15) is 0 Å². The minimum absolute atomic E-state index is 0.0524. The maximum Gasteiger partial charge on any atom is 0.271 e. The van der Waals surface area contributed by atoms with E-state index >= 15 is 0 Å². The number of hydrogen-bond donors (Lipinski definition) is 2. The van der Waals surface area contributed by atoms with Gasteiger partial charge in [0.1, 0.15) is 0 Å². The molecule has 1 saturated heterocycles. The van der Waals surface area contributed by atoms with Crippen LogP contribution in [0, 0.1) is 5.92 Å². The second-order valence-corrected chi connectivity index (χ2v) is 6.72. The molecule has 1 heterocycles. The van der Waals surface area contributed by atoms with Crippen molar-refractivity contribution in [1.29, 1.82) is 0 Å². The lowest BCUT2D eigenvalue weighted by Gasteiger charge is -2.27. The van der Waals surface area contributed by atoms with Gasteiger partial charge in [0.05, 0.1) is 10.6 Å². The second-order valence-electron chi connectivity index (χ2n) is 6.32.